The van der Waals surface area contributed by atoms with Crippen LogP contribution in [0.5, 0.6) is 0 Å². The molecule has 0 unspecified atom stereocenters. The summed E-state index contributed by atoms with van der Waals surface area (Å²) < 4.78 is 9.09. The summed E-state index contributed by atoms with van der Waals surface area (Å²) in [6, 6.07) is 74.9. The van der Waals surface area contributed by atoms with Gasteiger partial charge in [-0.15, -0.1) is 0 Å². The molecule has 1 aliphatic carbocycles. The Hall–Kier alpha value is -7.88. The Morgan fingerprint density at radius 2 is 0.915 bits per heavy atom. The number of para-hydroxylation sites is 5. The van der Waals surface area contributed by atoms with E-state index >= 15 is 0 Å². The number of fused-ring (bicyclic) bond motifs is 12. The van der Waals surface area contributed by atoms with E-state index in [1.54, 1.807) is 0 Å². The Morgan fingerprint density at radius 3 is 1.66 bits per heavy atom. The standard InChI is InChI=1S/C56H34N2O/c1-2-13-35(14-3-1)42-15-4-8-20-51(42)58(54-23-12-19-46-45-18-7-11-24-55(45)59-56(46)54)41-28-26-37-32-48-47-31-36-25-27-40(29-38(36)33-49(47)50(48)34-39(37)30-41)57-52-21-9-5-16-43(52)44-17-6-10-22-53(44)57/h1-34H. The Morgan fingerprint density at radius 1 is 0.356 bits per heavy atom. The zero-order valence-corrected chi connectivity index (χ0v) is 31.9. The Labute approximate surface area is 340 Å². The number of aromatic nitrogens is 1. The normalized spacial score (nSPS) is 12.1. The predicted octanol–water partition coefficient (Wildman–Crippen LogP) is 15.8. The van der Waals surface area contributed by atoms with E-state index in [4.69, 9.17) is 4.42 Å². The van der Waals surface area contributed by atoms with Gasteiger partial charge in [-0.25, -0.2) is 0 Å². The maximum absolute atomic E-state index is 6.69. The molecule has 0 N–H and O–H groups in total. The fraction of sp³-hybridized carbons (Fsp3) is 0. The van der Waals surface area contributed by atoms with Crippen LogP contribution in [0.2, 0.25) is 0 Å². The van der Waals surface area contributed by atoms with Crippen LogP contribution in [0.15, 0.2) is 211 Å². The summed E-state index contributed by atoms with van der Waals surface area (Å²) in [5.41, 5.74) is 16.1. The molecule has 10 aromatic carbocycles. The molecule has 0 saturated heterocycles. The smallest absolute Gasteiger partial charge is 0.159 e. The molecule has 3 nitrogen and oxygen atoms in total. The van der Waals surface area contributed by atoms with Crippen LogP contribution in [0.3, 0.4) is 0 Å². The molecule has 0 spiro atoms. The van der Waals surface area contributed by atoms with E-state index in [2.05, 4.69) is 210 Å². The van der Waals surface area contributed by atoms with Gasteiger partial charge in [0.25, 0.3) is 0 Å². The predicted molar refractivity (Wildman–Crippen MR) is 248 cm³/mol. The summed E-state index contributed by atoms with van der Waals surface area (Å²) in [4.78, 5) is 2.38. The zero-order chi connectivity index (χ0) is 38.6. The minimum absolute atomic E-state index is 0.870. The second kappa shape index (κ2) is 12.3. The van der Waals surface area contributed by atoms with Crippen LogP contribution in [0.4, 0.5) is 17.1 Å². The van der Waals surface area contributed by atoms with Gasteiger partial charge in [0.15, 0.2) is 5.58 Å². The molecule has 12 aromatic rings. The number of anilines is 3. The monoisotopic (exact) mass is 750 g/mol. The molecular weight excluding hydrogens is 717 g/mol. The Balaban J connectivity index is 0.968. The van der Waals surface area contributed by atoms with Crippen molar-refractivity contribution in [3.63, 3.8) is 0 Å². The third-order valence-electron chi connectivity index (χ3n) is 12.5. The number of hydrogen-bond acceptors (Lipinski definition) is 2. The highest BCUT2D eigenvalue weighted by molar-refractivity contribution is 6.14. The molecule has 1 aliphatic rings. The van der Waals surface area contributed by atoms with Crippen molar-refractivity contribution in [2.75, 3.05) is 4.90 Å². The van der Waals surface area contributed by atoms with Crippen LogP contribution < -0.4 is 4.90 Å². The van der Waals surface area contributed by atoms with Gasteiger partial charge in [-0.1, -0.05) is 127 Å². The molecule has 0 amide bonds. The summed E-state index contributed by atoms with van der Waals surface area (Å²) in [5, 5.41) is 9.68. The Bertz CT molecular complexity index is 3630. The minimum atomic E-state index is 0.870. The first-order chi connectivity index (χ1) is 29.2. The van der Waals surface area contributed by atoms with Gasteiger partial charge in [0.05, 0.1) is 22.4 Å². The van der Waals surface area contributed by atoms with E-state index in [-0.39, 0.29) is 0 Å². The van der Waals surface area contributed by atoms with Gasteiger partial charge in [-0.3, -0.25) is 0 Å². The van der Waals surface area contributed by atoms with E-state index in [1.165, 1.54) is 71.3 Å². The van der Waals surface area contributed by atoms with Gasteiger partial charge in [-0.05, 0) is 128 Å². The number of benzene rings is 10. The number of hydrogen-bond donors (Lipinski definition) is 0. The third-order valence-corrected chi connectivity index (χ3v) is 12.5. The SMILES string of the molecule is c1ccc(-c2ccccc2N(c2ccc3cc4c(cc3c2)-c2cc3cc(-n5c6ccccc6c6ccccc65)ccc3cc2-4)c2cccc3c2oc2ccccc23)cc1. The van der Waals surface area contributed by atoms with Gasteiger partial charge in [0, 0.05) is 38.5 Å². The molecule has 0 bridgehead atoms. The fourth-order valence-corrected chi connectivity index (χ4v) is 9.72. The highest BCUT2D eigenvalue weighted by atomic mass is 16.3. The van der Waals surface area contributed by atoms with Crippen LogP contribution in [0, 0.1) is 0 Å². The first-order valence-corrected chi connectivity index (χ1v) is 20.2. The van der Waals surface area contributed by atoms with Gasteiger partial charge >= 0.3 is 0 Å². The lowest BCUT2D eigenvalue weighted by Crippen LogP contribution is -2.11. The van der Waals surface area contributed by atoms with Gasteiger partial charge in [0.2, 0.25) is 0 Å². The molecule has 0 atom stereocenters. The second-order valence-electron chi connectivity index (χ2n) is 15.7. The molecule has 0 aliphatic heterocycles. The van der Waals surface area contributed by atoms with Crippen molar-refractivity contribution in [2.45, 2.75) is 0 Å². The van der Waals surface area contributed by atoms with Crippen molar-refractivity contribution in [3.05, 3.63) is 206 Å². The van der Waals surface area contributed by atoms with Crippen LogP contribution in [-0.4, -0.2) is 4.57 Å². The first kappa shape index (κ1) is 32.2. The molecule has 2 aromatic heterocycles. The van der Waals surface area contributed by atoms with Crippen molar-refractivity contribution in [3.8, 4) is 39.1 Å². The lowest BCUT2D eigenvalue weighted by Gasteiger charge is -2.29. The molecule has 3 heteroatoms. The van der Waals surface area contributed by atoms with E-state index in [0.29, 0.717) is 0 Å². The number of nitrogens with zero attached hydrogens (tertiary/aromatic N) is 2. The average Bonchev–Trinajstić information content (AvgIpc) is 3.85. The van der Waals surface area contributed by atoms with Gasteiger partial charge in [-0.2, -0.15) is 0 Å². The molecule has 0 saturated carbocycles. The van der Waals surface area contributed by atoms with E-state index in [1.807, 2.05) is 6.07 Å². The van der Waals surface area contributed by atoms with Crippen molar-refractivity contribution < 1.29 is 4.42 Å². The topological polar surface area (TPSA) is 21.3 Å². The quantitative estimate of drug-likeness (QED) is 0.175. The Kier molecular flexibility index (Phi) is 6.72. The van der Waals surface area contributed by atoms with Crippen molar-refractivity contribution >= 4 is 82.4 Å². The molecule has 2 heterocycles. The summed E-state index contributed by atoms with van der Waals surface area (Å²) in [6.07, 6.45) is 0. The van der Waals surface area contributed by atoms with Crippen LogP contribution in [0.1, 0.15) is 0 Å². The fourth-order valence-electron chi connectivity index (χ4n) is 9.72. The summed E-state index contributed by atoms with van der Waals surface area (Å²) in [5.74, 6) is 0. The maximum atomic E-state index is 6.69. The van der Waals surface area contributed by atoms with Crippen molar-refractivity contribution in [1.29, 1.82) is 0 Å². The molecule has 0 radical (unpaired) electrons. The lowest BCUT2D eigenvalue weighted by atomic mass is 9.78. The maximum Gasteiger partial charge on any atom is 0.159 e. The van der Waals surface area contributed by atoms with Gasteiger partial charge in [0.1, 0.15) is 5.58 Å². The molecule has 59 heavy (non-hydrogen) atoms. The van der Waals surface area contributed by atoms with Crippen LogP contribution in [0.25, 0.3) is 104 Å². The van der Waals surface area contributed by atoms with E-state index < -0.39 is 0 Å². The van der Waals surface area contributed by atoms with E-state index in [0.717, 1.165) is 50.1 Å². The molecule has 13 rings (SSSR count). The lowest BCUT2D eigenvalue weighted by molar-refractivity contribution is 0.669. The highest BCUT2D eigenvalue weighted by Gasteiger charge is 2.26. The third kappa shape index (κ3) is 4.76. The number of furan rings is 1. The number of rotatable bonds is 5. The van der Waals surface area contributed by atoms with Crippen molar-refractivity contribution in [2.24, 2.45) is 0 Å². The minimum Gasteiger partial charge on any atom is -0.454 e. The summed E-state index contributed by atoms with van der Waals surface area (Å²) in [7, 11) is 0. The highest BCUT2D eigenvalue weighted by Crippen LogP contribution is 2.52. The molecule has 274 valence electrons. The second-order valence-corrected chi connectivity index (χ2v) is 15.7. The average molecular weight is 751 g/mol. The van der Waals surface area contributed by atoms with E-state index in [9.17, 15) is 0 Å². The van der Waals surface area contributed by atoms with Crippen LogP contribution in [-0.2, 0) is 0 Å². The summed E-state index contributed by atoms with van der Waals surface area (Å²) >= 11 is 0. The molecular formula is C56H34N2O. The summed E-state index contributed by atoms with van der Waals surface area (Å²) in [6.45, 7) is 0. The zero-order valence-electron chi connectivity index (χ0n) is 31.9. The van der Waals surface area contributed by atoms with Crippen LogP contribution >= 0.6 is 0 Å². The molecule has 0 fully saturated rings. The largest absolute Gasteiger partial charge is 0.454 e. The van der Waals surface area contributed by atoms with Gasteiger partial charge < -0.3 is 13.9 Å². The van der Waals surface area contributed by atoms with Crippen molar-refractivity contribution in [1.82, 2.24) is 4.57 Å². The first-order valence-electron chi connectivity index (χ1n) is 20.2.